The number of halogens is 3. The molecule has 6 nitrogen and oxygen atoms in total. The second-order valence-electron chi connectivity index (χ2n) is 7.61. The quantitative estimate of drug-likeness (QED) is 0.733. The summed E-state index contributed by atoms with van der Waals surface area (Å²) in [6.07, 6.45) is -0.451. The first kappa shape index (κ1) is 19.5. The van der Waals surface area contributed by atoms with Crippen LogP contribution < -0.4 is 0 Å². The maximum absolute atomic E-state index is 13.5. The van der Waals surface area contributed by atoms with Crippen molar-refractivity contribution in [3.63, 3.8) is 0 Å². The molecule has 152 valence electrons. The van der Waals surface area contributed by atoms with Crippen molar-refractivity contribution >= 4 is 5.70 Å². The van der Waals surface area contributed by atoms with E-state index in [1.54, 1.807) is 4.57 Å². The molecule has 0 aliphatic carbocycles. The number of fused-ring (bicyclic) bond motifs is 3. The topological polar surface area (TPSA) is 61.0 Å². The number of likely N-dealkylation sites (N-methyl/N-ethyl adjacent to an activating group) is 1. The average Bonchev–Trinajstić information content (AvgIpc) is 3.15. The summed E-state index contributed by atoms with van der Waals surface area (Å²) in [5.41, 5.74) is 0.992. The van der Waals surface area contributed by atoms with Gasteiger partial charge in [-0.05, 0) is 37.1 Å². The Labute approximate surface area is 166 Å². The molecule has 1 unspecified atom stereocenters. The number of alkyl halides is 3. The van der Waals surface area contributed by atoms with Gasteiger partial charge in [0.05, 0.1) is 28.6 Å². The van der Waals surface area contributed by atoms with Gasteiger partial charge in [0.1, 0.15) is 6.33 Å². The van der Waals surface area contributed by atoms with Gasteiger partial charge in [0.15, 0.2) is 5.82 Å². The number of aromatic nitrogens is 3. The van der Waals surface area contributed by atoms with Gasteiger partial charge in [-0.2, -0.15) is 18.4 Å². The first-order valence-electron chi connectivity index (χ1n) is 9.49. The van der Waals surface area contributed by atoms with Crippen molar-refractivity contribution in [3.8, 4) is 11.8 Å². The number of allylic oxidation sites excluding steroid dienone is 1. The van der Waals surface area contributed by atoms with E-state index in [1.807, 2.05) is 13.0 Å². The van der Waals surface area contributed by atoms with Crippen molar-refractivity contribution in [2.24, 2.45) is 0 Å². The third-order valence-electron chi connectivity index (χ3n) is 5.64. The Kier molecular flexibility index (Phi) is 4.82. The molecule has 0 radical (unpaired) electrons. The summed E-state index contributed by atoms with van der Waals surface area (Å²) in [6, 6.07) is 4.00. The summed E-state index contributed by atoms with van der Waals surface area (Å²) in [7, 11) is 2.06. The Morgan fingerprint density at radius 3 is 2.55 bits per heavy atom. The van der Waals surface area contributed by atoms with Crippen molar-refractivity contribution in [3.05, 3.63) is 47.1 Å². The zero-order chi connectivity index (χ0) is 20.8. The van der Waals surface area contributed by atoms with E-state index in [-0.39, 0.29) is 11.5 Å². The van der Waals surface area contributed by atoms with Crippen molar-refractivity contribution in [1.82, 2.24) is 24.6 Å². The van der Waals surface area contributed by atoms with E-state index in [2.05, 4.69) is 33.1 Å². The van der Waals surface area contributed by atoms with E-state index in [4.69, 9.17) is 0 Å². The normalized spacial score (nSPS) is 20.2. The average molecular weight is 402 g/mol. The summed E-state index contributed by atoms with van der Waals surface area (Å²) in [5, 5.41) is 17.8. The number of benzene rings is 1. The van der Waals surface area contributed by atoms with Gasteiger partial charge in [0.2, 0.25) is 0 Å². The van der Waals surface area contributed by atoms with Crippen LogP contribution in [0.15, 0.2) is 24.5 Å². The first-order valence-corrected chi connectivity index (χ1v) is 9.49. The number of hydrogen-bond donors (Lipinski definition) is 0. The molecular formula is C20H21F3N6. The van der Waals surface area contributed by atoms with Gasteiger partial charge in [0, 0.05) is 26.2 Å². The van der Waals surface area contributed by atoms with Gasteiger partial charge in [-0.1, -0.05) is 13.0 Å². The third kappa shape index (κ3) is 3.49. The summed E-state index contributed by atoms with van der Waals surface area (Å²) < 4.78 is 42.0. The molecule has 0 spiro atoms. The standard InChI is InChI=1S/C20H21F3N6/c1-13-3-4-16(28-7-5-27(2)6-8-28)19-26-25-12-29(19)17-10-15(20(21,22)23)9-14(11-24)18(13)17/h4,9-10,12-13H,3,5-8H2,1-2H3. The van der Waals surface area contributed by atoms with Crippen LogP contribution in [0, 0.1) is 11.3 Å². The van der Waals surface area contributed by atoms with E-state index >= 15 is 0 Å². The SMILES string of the molecule is CC1CC=C(N2CCN(C)CC2)c2nncn2-c2cc(C(F)(F)F)cc(C#N)c21. The maximum Gasteiger partial charge on any atom is 0.416 e. The lowest BCUT2D eigenvalue weighted by Gasteiger charge is -2.36. The highest BCUT2D eigenvalue weighted by Crippen LogP contribution is 2.39. The molecule has 1 fully saturated rings. The highest BCUT2D eigenvalue weighted by atomic mass is 19.4. The van der Waals surface area contributed by atoms with Gasteiger partial charge in [-0.25, -0.2) is 0 Å². The molecule has 0 N–H and O–H groups in total. The minimum absolute atomic E-state index is 0.0402. The molecule has 4 rings (SSSR count). The van der Waals surface area contributed by atoms with Crippen LogP contribution in [-0.2, 0) is 6.18 Å². The fraction of sp³-hybridized carbons (Fsp3) is 0.450. The highest BCUT2D eigenvalue weighted by molar-refractivity contribution is 5.65. The Morgan fingerprint density at radius 2 is 1.90 bits per heavy atom. The van der Waals surface area contributed by atoms with Crippen LogP contribution >= 0.6 is 0 Å². The lowest BCUT2D eigenvalue weighted by atomic mass is 9.88. The lowest BCUT2D eigenvalue weighted by Crippen LogP contribution is -2.43. The smallest absolute Gasteiger partial charge is 0.366 e. The molecule has 29 heavy (non-hydrogen) atoms. The monoisotopic (exact) mass is 402 g/mol. The third-order valence-corrected chi connectivity index (χ3v) is 5.64. The maximum atomic E-state index is 13.5. The first-order chi connectivity index (χ1) is 13.8. The van der Waals surface area contributed by atoms with Gasteiger partial charge in [0.25, 0.3) is 0 Å². The van der Waals surface area contributed by atoms with Gasteiger partial charge in [-0.15, -0.1) is 10.2 Å². The molecule has 9 heteroatoms. The molecular weight excluding hydrogens is 381 g/mol. The van der Waals surface area contributed by atoms with Gasteiger partial charge in [-0.3, -0.25) is 4.57 Å². The second kappa shape index (κ2) is 7.19. The number of nitriles is 1. The summed E-state index contributed by atoms with van der Waals surface area (Å²) >= 11 is 0. The number of hydrogen-bond acceptors (Lipinski definition) is 5. The van der Waals surface area contributed by atoms with Crippen molar-refractivity contribution in [1.29, 1.82) is 5.26 Å². The Morgan fingerprint density at radius 1 is 1.17 bits per heavy atom. The van der Waals surface area contributed by atoms with Gasteiger partial charge < -0.3 is 9.80 Å². The molecule has 2 aromatic rings. The molecule has 3 heterocycles. The van der Waals surface area contributed by atoms with E-state index in [9.17, 15) is 18.4 Å². The zero-order valence-electron chi connectivity index (χ0n) is 16.2. The molecule has 1 aromatic carbocycles. The summed E-state index contributed by atoms with van der Waals surface area (Å²) in [5.74, 6) is 0.380. The van der Waals surface area contributed by atoms with E-state index < -0.39 is 11.7 Å². The lowest BCUT2D eigenvalue weighted by molar-refractivity contribution is -0.137. The van der Waals surface area contributed by atoms with E-state index in [0.29, 0.717) is 23.5 Å². The van der Waals surface area contributed by atoms with E-state index in [1.165, 1.54) is 6.33 Å². The fourth-order valence-corrected chi connectivity index (χ4v) is 4.01. The predicted octanol–water partition coefficient (Wildman–Crippen LogP) is 3.25. The molecule has 0 amide bonds. The Balaban J connectivity index is 1.89. The van der Waals surface area contributed by atoms with Gasteiger partial charge >= 0.3 is 6.18 Å². The van der Waals surface area contributed by atoms with Crippen LogP contribution in [0.1, 0.15) is 41.8 Å². The minimum atomic E-state index is -4.55. The fourth-order valence-electron chi connectivity index (χ4n) is 4.01. The van der Waals surface area contributed by atoms with Crippen molar-refractivity contribution in [2.45, 2.75) is 25.4 Å². The largest absolute Gasteiger partial charge is 0.416 e. The Hall–Kier alpha value is -2.86. The Bertz CT molecular complexity index is 993. The van der Waals surface area contributed by atoms with Crippen LogP contribution in [-0.4, -0.2) is 57.8 Å². The van der Waals surface area contributed by atoms with Crippen molar-refractivity contribution in [2.75, 3.05) is 33.2 Å². The van der Waals surface area contributed by atoms with Crippen LogP contribution in [0.5, 0.6) is 0 Å². The van der Waals surface area contributed by atoms with E-state index in [0.717, 1.165) is 44.0 Å². The van der Waals surface area contributed by atoms with Crippen LogP contribution in [0.2, 0.25) is 0 Å². The second-order valence-corrected chi connectivity index (χ2v) is 7.61. The number of piperazine rings is 1. The van der Waals surface area contributed by atoms with Crippen LogP contribution in [0.4, 0.5) is 13.2 Å². The summed E-state index contributed by atoms with van der Waals surface area (Å²) in [4.78, 5) is 4.44. The molecule has 2 aliphatic heterocycles. The molecule has 2 aliphatic rings. The summed E-state index contributed by atoms with van der Waals surface area (Å²) in [6.45, 7) is 5.34. The predicted molar refractivity (Wildman–Crippen MR) is 101 cm³/mol. The van der Waals surface area contributed by atoms with Crippen molar-refractivity contribution < 1.29 is 13.2 Å². The minimum Gasteiger partial charge on any atom is -0.366 e. The molecule has 0 bridgehead atoms. The highest BCUT2D eigenvalue weighted by Gasteiger charge is 2.34. The molecule has 1 atom stereocenters. The zero-order valence-corrected chi connectivity index (χ0v) is 16.2. The van der Waals surface area contributed by atoms with Crippen LogP contribution in [0.3, 0.4) is 0 Å². The number of rotatable bonds is 1. The number of nitrogens with zero attached hydrogens (tertiary/aromatic N) is 6. The molecule has 1 aromatic heterocycles. The van der Waals surface area contributed by atoms with Crippen LogP contribution in [0.25, 0.3) is 11.4 Å². The molecule has 1 saturated heterocycles. The molecule has 0 saturated carbocycles.